The minimum atomic E-state index is -0.979. The largest absolute Gasteiger partial charge is 0.482 e. The van der Waals surface area contributed by atoms with Crippen LogP contribution in [-0.2, 0) is 4.79 Å². The maximum absolute atomic E-state index is 10.6. The molecular weight excluding hydrogens is 368 g/mol. The van der Waals surface area contributed by atoms with Gasteiger partial charge in [-0.2, -0.15) is 0 Å². The van der Waals surface area contributed by atoms with Crippen LogP contribution in [0.4, 0.5) is 0 Å². The molecule has 0 saturated carbocycles. The van der Waals surface area contributed by atoms with E-state index in [1.165, 1.54) is 22.3 Å². The molecule has 0 atom stereocenters. The van der Waals surface area contributed by atoms with E-state index in [9.17, 15) is 4.79 Å². The molecule has 0 radical (unpaired) electrons. The standard InChI is InChI=1S/C24H22O3S/c1-18-7-9-20(10-8-18)23(19-5-3-2-4-6-19)15-16-28-22-13-11-21(12-14-22)27-17-24(25)26/h2-15H,16-17H2,1H3,(H,25,26)/b23-15+. The van der Waals surface area contributed by atoms with E-state index >= 15 is 0 Å². The summed E-state index contributed by atoms with van der Waals surface area (Å²) < 4.78 is 5.17. The van der Waals surface area contributed by atoms with E-state index in [1.54, 1.807) is 23.9 Å². The number of carbonyl (C=O) groups is 1. The van der Waals surface area contributed by atoms with Crippen LogP contribution in [0.2, 0.25) is 0 Å². The first kappa shape index (κ1) is 19.8. The molecule has 4 heteroatoms. The summed E-state index contributed by atoms with van der Waals surface area (Å²) in [5.41, 5.74) is 4.87. The van der Waals surface area contributed by atoms with Gasteiger partial charge in [0.05, 0.1) is 0 Å². The van der Waals surface area contributed by atoms with Crippen molar-refractivity contribution in [3.05, 3.63) is 102 Å². The minimum absolute atomic E-state index is 0.327. The van der Waals surface area contributed by atoms with E-state index < -0.39 is 5.97 Å². The Hall–Kier alpha value is -2.98. The van der Waals surface area contributed by atoms with Crippen molar-refractivity contribution in [3.63, 3.8) is 0 Å². The molecule has 28 heavy (non-hydrogen) atoms. The van der Waals surface area contributed by atoms with E-state index in [1.807, 2.05) is 18.2 Å². The maximum Gasteiger partial charge on any atom is 0.341 e. The molecule has 0 fully saturated rings. The van der Waals surface area contributed by atoms with Crippen molar-refractivity contribution in [2.45, 2.75) is 11.8 Å². The van der Waals surface area contributed by atoms with Crippen LogP contribution in [0.15, 0.2) is 89.8 Å². The molecule has 0 aliphatic rings. The van der Waals surface area contributed by atoms with Gasteiger partial charge in [-0.25, -0.2) is 4.79 Å². The number of carboxylic acid groups (broad SMARTS) is 1. The highest BCUT2D eigenvalue weighted by atomic mass is 32.2. The van der Waals surface area contributed by atoms with E-state index in [2.05, 4.69) is 61.5 Å². The fourth-order valence-corrected chi connectivity index (χ4v) is 3.52. The van der Waals surface area contributed by atoms with Crippen LogP contribution >= 0.6 is 11.8 Å². The molecule has 0 unspecified atom stereocenters. The van der Waals surface area contributed by atoms with Gasteiger partial charge in [0.25, 0.3) is 0 Å². The molecule has 3 nitrogen and oxygen atoms in total. The van der Waals surface area contributed by atoms with Crippen LogP contribution in [0.1, 0.15) is 16.7 Å². The zero-order chi connectivity index (χ0) is 19.8. The first-order valence-electron chi connectivity index (χ1n) is 9.02. The van der Waals surface area contributed by atoms with Crippen molar-refractivity contribution in [2.75, 3.05) is 12.4 Å². The second kappa shape index (κ2) is 9.81. The molecule has 3 rings (SSSR count). The Morgan fingerprint density at radius 2 is 1.57 bits per heavy atom. The van der Waals surface area contributed by atoms with Gasteiger partial charge < -0.3 is 9.84 Å². The number of thioether (sulfide) groups is 1. The Morgan fingerprint density at radius 1 is 0.929 bits per heavy atom. The summed E-state index contributed by atoms with van der Waals surface area (Å²) in [5.74, 6) is 0.410. The summed E-state index contributed by atoms with van der Waals surface area (Å²) in [6, 6.07) is 26.5. The molecule has 3 aromatic carbocycles. The molecule has 142 valence electrons. The summed E-state index contributed by atoms with van der Waals surface area (Å²) in [7, 11) is 0. The van der Waals surface area contributed by atoms with Crippen molar-refractivity contribution in [1.82, 2.24) is 0 Å². The van der Waals surface area contributed by atoms with Gasteiger partial charge in [-0.3, -0.25) is 0 Å². The predicted octanol–water partition coefficient (Wildman–Crippen LogP) is 5.68. The first-order chi connectivity index (χ1) is 13.6. The highest BCUT2D eigenvalue weighted by molar-refractivity contribution is 7.99. The third-order valence-corrected chi connectivity index (χ3v) is 5.11. The third kappa shape index (κ3) is 5.76. The Bertz CT molecular complexity index is 930. The Morgan fingerprint density at radius 3 is 2.21 bits per heavy atom. The average Bonchev–Trinajstić information content (AvgIpc) is 2.72. The van der Waals surface area contributed by atoms with E-state index in [-0.39, 0.29) is 6.61 Å². The fourth-order valence-electron chi connectivity index (χ4n) is 2.75. The highest BCUT2D eigenvalue weighted by Crippen LogP contribution is 2.27. The van der Waals surface area contributed by atoms with Crippen molar-refractivity contribution in [2.24, 2.45) is 0 Å². The normalized spacial score (nSPS) is 11.2. The molecule has 0 saturated heterocycles. The van der Waals surface area contributed by atoms with E-state index in [4.69, 9.17) is 9.84 Å². The van der Waals surface area contributed by atoms with E-state index in [0.717, 1.165) is 10.6 Å². The Balaban J connectivity index is 1.71. The van der Waals surface area contributed by atoms with Crippen molar-refractivity contribution in [1.29, 1.82) is 0 Å². The molecular formula is C24H22O3S. The third-order valence-electron chi connectivity index (χ3n) is 4.17. The maximum atomic E-state index is 10.6. The number of aliphatic carboxylic acids is 1. The highest BCUT2D eigenvalue weighted by Gasteiger charge is 2.05. The zero-order valence-electron chi connectivity index (χ0n) is 15.7. The SMILES string of the molecule is Cc1ccc(/C(=C/CSc2ccc(OCC(=O)O)cc2)c2ccccc2)cc1. The number of rotatable bonds is 8. The zero-order valence-corrected chi connectivity index (χ0v) is 16.5. The van der Waals surface area contributed by atoms with Gasteiger partial charge in [0, 0.05) is 10.6 Å². The lowest BCUT2D eigenvalue weighted by atomic mass is 9.97. The number of benzene rings is 3. The van der Waals surface area contributed by atoms with Gasteiger partial charge in [-0.1, -0.05) is 66.2 Å². The van der Waals surface area contributed by atoms with Crippen molar-refractivity contribution < 1.29 is 14.6 Å². The molecule has 0 heterocycles. The lowest BCUT2D eigenvalue weighted by Crippen LogP contribution is -2.09. The fraction of sp³-hybridized carbons (Fsp3) is 0.125. The number of carboxylic acids is 1. The number of hydrogen-bond acceptors (Lipinski definition) is 3. The van der Waals surface area contributed by atoms with Gasteiger partial charge in [0.15, 0.2) is 6.61 Å². The van der Waals surface area contributed by atoms with Gasteiger partial charge in [0.2, 0.25) is 0 Å². The van der Waals surface area contributed by atoms with Crippen LogP contribution in [0.3, 0.4) is 0 Å². The molecule has 3 aromatic rings. The van der Waals surface area contributed by atoms with Crippen LogP contribution in [0.5, 0.6) is 5.75 Å². The number of aryl methyl sites for hydroxylation is 1. The average molecular weight is 391 g/mol. The second-order valence-electron chi connectivity index (χ2n) is 6.31. The first-order valence-corrected chi connectivity index (χ1v) is 10.0. The summed E-state index contributed by atoms with van der Waals surface area (Å²) in [6.07, 6.45) is 2.25. The van der Waals surface area contributed by atoms with Crippen LogP contribution < -0.4 is 4.74 Å². The summed E-state index contributed by atoms with van der Waals surface area (Å²) >= 11 is 1.73. The second-order valence-corrected chi connectivity index (χ2v) is 7.41. The number of ether oxygens (including phenoxy) is 1. The topological polar surface area (TPSA) is 46.5 Å². The molecule has 0 amide bonds. The smallest absolute Gasteiger partial charge is 0.341 e. The van der Waals surface area contributed by atoms with Gasteiger partial charge in [-0.15, -0.1) is 11.8 Å². The summed E-state index contributed by atoms with van der Waals surface area (Å²) in [5, 5.41) is 8.67. The van der Waals surface area contributed by atoms with E-state index in [0.29, 0.717) is 5.75 Å². The Labute approximate surface area is 169 Å². The lowest BCUT2D eigenvalue weighted by molar-refractivity contribution is -0.139. The Kier molecular flexibility index (Phi) is 6.93. The van der Waals surface area contributed by atoms with Gasteiger partial charge >= 0.3 is 5.97 Å². The summed E-state index contributed by atoms with van der Waals surface area (Å²) in [6.45, 7) is 1.77. The summed E-state index contributed by atoms with van der Waals surface area (Å²) in [4.78, 5) is 11.7. The van der Waals surface area contributed by atoms with Crippen LogP contribution in [-0.4, -0.2) is 23.4 Å². The van der Waals surface area contributed by atoms with Gasteiger partial charge in [-0.05, 0) is 47.9 Å². The lowest BCUT2D eigenvalue weighted by Gasteiger charge is -2.10. The van der Waals surface area contributed by atoms with Crippen LogP contribution in [0.25, 0.3) is 5.57 Å². The molecule has 0 aliphatic heterocycles. The van der Waals surface area contributed by atoms with Crippen molar-refractivity contribution >= 4 is 23.3 Å². The molecule has 0 aliphatic carbocycles. The predicted molar refractivity (Wildman–Crippen MR) is 115 cm³/mol. The van der Waals surface area contributed by atoms with Gasteiger partial charge in [0.1, 0.15) is 5.75 Å². The molecule has 0 spiro atoms. The number of hydrogen-bond donors (Lipinski definition) is 1. The van der Waals surface area contributed by atoms with Crippen molar-refractivity contribution in [3.8, 4) is 5.75 Å². The molecule has 1 N–H and O–H groups in total. The van der Waals surface area contributed by atoms with Crippen LogP contribution in [0, 0.1) is 6.92 Å². The molecule has 0 aromatic heterocycles. The minimum Gasteiger partial charge on any atom is -0.482 e. The monoisotopic (exact) mass is 390 g/mol. The quantitative estimate of drug-likeness (QED) is 0.503. The molecule has 0 bridgehead atoms.